The molecule has 32 heavy (non-hydrogen) atoms. The van der Waals surface area contributed by atoms with Crippen molar-refractivity contribution in [3.63, 3.8) is 0 Å². The molecule has 1 aliphatic heterocycles. The highest BCUT2D eigenvalue weighted by atomic mass is 32.2. The van der Waals surface area contributed by atoms with E-state index < -0.39 is 44.4 Å². The number of hydrogen-bond acceptors (Lipinski definition) is 4. The first-order valence-corrected chi connectivity index (χ1v) is 10.7. The molecule has 0 N–H and O–H groups in total. The number of nitrogens with zero attached hydrogens (tertiary/aromatic N) is 1. The Morgan fingerprint density at radius 3 is 1.94 bits per heavy atom. The molecule has 0 radical (unpaired) electrons. The Kier molecular flexibility index (Phi) is 6.15. The third-order valence-electron chi connectivity index (χ3n) is 5.28. The molecule has 1 aliphatic rings. The molecule has 5 nitrogen and oxygen atoms in total. The van der Waals surface area contributed by atoms with Gasteiger partial charge >= 0.3 is 12.4 Å². The minimum atomic E-state index is -5.16. The fourth-order valence-corrected chi connectivity index (χ4v) is 5.41. The van der Waals surface area contributed by atoms with Crippen LogP contribution in [-0.4, -0.2) is 33.5 Å². The summed E-state index contributed by atoms with van der Waals surface area (Å²) in [6.07, 6.45) is -10.2. The molecule has 0 aliphatic carbocycles. The number of sulfonamides is 1. The van der Waals surface area contributed by atoms with Crippen molar-refractivity contribution in [1.82, 2.24) is 4.31 Å². The van der Waals surface area contributed by atoms with Crippen LogP contribution in [-0.2, 0) is 28.8 Å². The SMILES string of the molecule is COc1cc2c(c(OC)c1)C(C)N(S(=O)(=O)c1cc(C(F)(F)F)cc(C(F)(F)F)c1)CC2. The molecule has 1 atom stereocenters. The highest BCUT2D eigenvalue weighted by molar-refractivity contribution is 7.89. The van der Waals surface area contributed by atoms with Crippen molar-refractivity contribution in [3.8, 4) is 11.5 Å². The van der Waals surface area contributed by atoms with E-state index in [0.717, 1.165) is 4.31 Å². The van der Waals surface area contributed by atoms with Gasteiger partial charge in [0.05, 0.1) is 36.3 Å². The molecule has 1 unspecified atom stereocenters. The topological polar surface area (TPSA) is 55.8 Å². The monoisotopic (exact) mass is 483 g/mol. The Hall–Kier alpha value is -2.47. The number of hydrogen-bond donors (Lipinski definition) is 0. The fourth-order valence-electron chi connectivity index (χ4n) is 3.73. The summed E-state index contributed by atoms with van der Waals surface area (Å²) in [5.74, 6) is 0.767. The molecule has 2 aromatic rings. The van der Waals surface area contributed by atoms with Gasteiger partial charge in [0.1, 0.15) is 11.5 Å². The van der Waals surface area contributed by atoms with Crippen molar-refractivity contribution in [3.05, 3.63) is 52.6 Å². The molecule has 12 heteroatoms. The molecule has 0 saturated heterocycles. The van der Waals surface area contributed by atoms with Gasteiger partial charge in [-0.05, 0) is 43.2 Å². The van der Waals surface area contributed by atoms with Gasteiger partial charge in [0.15, 0.2) is 0 Å². The minimum absolute atomic E-state index is 0.108. The van der Waals surface area contributed by atoms with Crippen molar-refractivity contribution < 1.29 is 44.2 Å². The zero-order valence-corrected chi connectivity index (χ0v) is 18.0. The predicted molar refractivity (Wildman–Crippen MR) is 102 cm³/mol. The van der Waals surface area contributed by atoms with E-state index in [1.54, 1.807) is 6.07 Å². The quantitative estimate of drug-likeness (QED) is 0.572. The average molecular weight is 483 g/mol. The number of alkyl halides is 6. The van der Waals surface area contributed by atoms with Gasteiger partial charge in [-0.1, -0.05) is 0 Å². The van der Waals surface area contributed by atoms with Crippen LogP contribution in [0.4, 0.5) is 26.3 Å². The molecular formula is C20H19F6NO4S. The van der Waals surface area contributed by atoms with Crippen molar-refractivity contribution >= 4 is 10.0 Å². The first kappa shape index (κ1) is 24.2. The van der Waals surface area contributed by atoms with Crippen LogP contribution in [0.15, 0.2) is 35.2 Å². The molecule has 3 rings (SSSR count). The number of halogens is 6. The smallest absolute Gasteiger partial charge is 0.416 e. The first-order valence-electron chi connectivity index (χ1n) is 9.26. The van der Waals surface area contributed by atoms with E-state index in [0.29, 0.717) is 22.6 Å². The highest BCUT2D eigenvalue weighted by Crippen LogP contribution is 2.43. The standard InChI is InChI=1S/C20H19F6NO4S/c1-11-18-12(6-15(30-2)10-17(18)31-3)4-5-27(11)32(28,29)16-8-13(19(21,22)23)7-14(9-16)20(24,25)26/h6-11H,4-5H2,1-3H3. The lowest BCUT2D eigenvalue weighted by Crippen LogP contribution is -2.39. The van der Waals surface area contributed by atoms with E-state index >= 15 is 0 Å². The third kappa shape index (κ3) is 4.38. The lowest BCUT2D eigenvalue weighted by Gasteiger charge is -2.35. The number of benzene rings is 2. The van der Waals surface area contributed by atoms with Crippen LogP contribution >= 0.6 is 0 Å². The summed E-state index contributed by atoms with van der Waals surface area (Å²) in [6.45, 7) is 1.34. The molecule has 176 valence electrons. The van der Waals surface area contributed by atoms with Crippen LogP contribution in [0.5, 0.6) is 11.5 Å². The predicted octanol–water partition coefficient (Wildman–Crippen LogP) is 5.05. The highest BCUT2D eigenvalue weighted by Gasteiger charge is 2.41. The molecule has 0 bridgehead atoms. The maximum absolute atomic E-state index is 13.2. The fraction of sp³-hybridized carbons (Fsp3) is 0.400. The van der Waals surface area contributed by atoms with Crippen LogP contribution in [0.25, 0.3) is 0 Å². The number of ether oxygens (including phenoxy) is 2. The molecule has 2 aromatic carbocycles. The molecular weight excluding hydrogens is 464 g/mol. The molecule has 0 aromatic heterocycles. The van der Waals surface area contributed by atoms with E-state index in [-0.39, 0.29) is 31.2 Å². The summed E-state index contributed by atoms with van der Waals surface area (Å²) in [4.78, 5) is -1.08. The average Bonchev–Trinajstić information content (AvgIpc) is 2.71. The second kappa shape index (κ2) is 8.14. The van der Waals surface area contributed by atoms with Gasteiger partial charge in [-0.2, -0.15) is 30.6 Å². The molecule has 0 saturated carbocycles. The van der Waals surface area contributed by atoms with Crippen LogP contribution in [0.1, 0.15) is 35.2 Å². The number of fused-ring (bicyclic) bond motifs is 1. The Bertz CT molecular complexity index is 1080. The summed E-state index contributed by atoms with van der Waals surface area (Å²) in [7, 11) is -1.91. The van der Waals surface area contributed by atoms with Crippen molar-refractivity contribution in [2.24, 2.45) is 0 Å². The summed E-state index contributed by atoms with van der Waals surface area (Å²) >= 11 is 0. The Morgan fingerprint density at radius 2 is 1.47 bits per heavy atom. The normalized spacial score (nSPS) is 17.7. The van der Waals surface area contributed by atoms with E-state index in [1.807, 2.05) is 0 Å². The lowest BCUT2D eigenvalue weighted by atomic mass is 9.94. The van der Waals surface area contributed by atoms with Crippen LogP contribution in [0.2, 0.25) is 0 Å². The van der Waals surface area contributed by atoms with Crippen LogP contribution < -0.4 is 9.47 Å². The van der Waals surface area contributed by atoms with E-state index in [4.69, 9.17) is 9.47 Å². The zero-order valence-electron chi connectivity index (χ0n) is 17.1. The van der Waals surface area contributed by atoms with Crippen LogP contribution in [0, 0.1) is 0 Å². The summed E-state index contributed by atoms with van der Waals surface area (Å²) in [5.41, 5.74) is -2.22. The van der Waals surface area contributed by atoms with Crippen molar-refractivity contribution in [2.75, 3.05) is 20.8 Å². The maximum Gasteiger partial charge on any atom is 0.416 e. The van der Waals surface area contributed by atoms with Gasteiger partial charge in [0.25, 0.3) is 0 Å². The molecule has 1 heterocycles. The van der Waals surface area contributed by atoms with E-state index in [1.165, 1.54) is 27.2 Å². The second-order valence-corrected chi connectivity index (χ2v) is 9.08. The van der Waals surface area contributed by atoms with Gasteiger partial charge in [-0.3, -0.25) is 0 Å². The van der Waals surface area contributed by atoms with E-state index in [2.05, 4.69) is 0 Å². The molecule has 0 amide bonds. The summed E-state index contributed by atoms with van der Waals surface area (Å²) in [6, 6.07) is 2.63. The number of rotatable bonds is 4. The summed E-state index contributed by atoms with van der Waals surface area (Å²) < 4.78 is 117. The minimum Gasteiger partial charge on any atom is -0.497 e. The Morgan fingerprint density at radius 1 is 0.906 bits per heavy atom. The van der Waals surface area contributed by atoms with Gasteiger partial charge < -0.3 is 9.47 Å². The maximum atomic E-state index is 13.2. The molecule has 0 fully saturated rings. The van der Waals surface area contributed by atoms with Gasteiger partial charge in [0.2, 0.25) is 10.0 Å². The van der Waals surface area contributed by atoms with Crippen molar-refractivity contribution in [2.45, 2.75) is 36.6 Å². The lowest BCUT2D eigenvalue weighted by molar-refractivity contribution is -0.143. The van der Waals surface area contributed by atoms with Gasteiger partial charge in [0, 0.05) is 18.2 Å². The van der Waals surface area contributed by atoms with Gasteiger partial charge in [-0.25, -0.2) is 8.42 Å². The first-order chi connectivity index (χ1) is 14.7. The largest absolute Gasteiger partial charge is 0.497 e. The van der Waals surface area contributed by atoms with Crippen LogP contribution in [0.3, 0.4) is 0 Å². The number of methoxy groups -OCH3 is 2. The zero-order chi connectivity index (χ0) is 24.1. The summed E-state index contributed by atoms with van der Waals surface area (Å²) in [5, 5.41) is 0. The molecule has 0 spiro atoms. The Balaban J connectivity index is 2.14. The second-order valence-electron chi connectivity index (χ2n) is 7.19. The third-order valence-corrected chi connectivity index (χ3v) is 7.22. The van der Waals surface area contributed by atoms with Gasteiger partial charge in [-0.15, -0.1) is 0 Å². The Labute approximate surface area is 180 Å². The van der Waals surface area contributed by atoms with Crippen molar-refractivity contribution in [1.29, 1.82) is 0 Å². The van der Waals surface area contributed by atoms with E-state index in [9.17, 15) is 34.8 Å².